The minimum atomic E-state index is 0.220. The second kappa shape index (κ2) is 8.15. The van der Waals surface area contributed by atoms with E-state index >= 15 is 0 Å². The van der Waals surface area contributed by atoms with Gasteiger partial charge >= 0.3 is 0 Å². The molecular weight excluding hydrogens is 288 g/mol. The first-order valence-corrected chi connectivity index (χ1v) is 8.86. The number of hydrogen-bond donors (Lipinski definition) is 0. The average molecular weight is 319 g/mol. The van der Waals surface area contributed by atoms with Crippen molar-refractivity contribution in [3.8, 4) is 0 Å². The first-order valence-electron chi connectivity index (χ1n) is 8.86. The van der Waals surface area contributed by atoms with Gasteiger partial charge in [0, 0.05) is 0 Å². The molecule has 0 saturated heterocycles. The third kappa shape index (κ3) is 6.20. The van der Waals surface area contributed by atoms with Gasteiger partial charge in [0.15, 0.2) is 0 Å². The van der Waals surface area contributed by atoms with E-state index in [9.17, 15) is 0 Å². The van der Waals surface area contributed by atoms with Gasteiger partial charge in [-0.2, -0.15) is 0 Å². The Kier molecular flexibility index (Phi) is 6.20. The van der Waals surface area contributed by atoms with Crippen molar-refractivity contribution in [3.05, 3.63) is 83.4 Å². The molecule has 24 heavy (non-hydrogen) atoms. The molecule has 0 unspecified atom stereocenters. The maximum absolute atomic E-state index is 4.27. The Morgan fingerprint density at radius 2 is 1.58 bits per heavy atom. The number of aryl methyl sites for hydroxylation is 2. The summed E-state index contributed by atoms with van der Waals surface area (Å²) in [5, 5.41) is 0. The molecule has 0 aliphatic rings. The predicted molar refractivity (Wildman–Crippen MR) is 108 cm³/mol. The Balaban J connectivity index is 1.86. The van der Waals surface area contributed by atoms with Crippen LogP contribution in [-0.2, 0) is 6.42 Å². The summed E-state index contributed by atoms with van der Waals surface area (Å²) in [4.78, 5) is 0. The smallest absolute Gasteiger partial charge is 0.0200 e. The lowest BCUT2D eigenvalue weighted by atomic mass is 9.94. The van der Waals surface area contributed by atoms with Gasteiger partial charge in [-0.05, 0) is 53.9 Å². The lowest BCUT2D eigenvalue weighted by Crippen LogP contribution is -1.97. The molecule has 0 aromatic heterocycles. The molecule has 0 spiro atoms. The van der Waals surface area contributed by atoms with Crippen molar-refractivity contribution >= 4 is 11.6 Å². The van der Waals surface area contributed by atoms with Gasteiger partial charge in [-0.1, -0.05) is 93.6 Å². The highest BCUT2D eigenvalue weighted by Gasteiger charge is 2.04. The molecule has 0 atom stereocenters. The van der Waals surface area contributed by atoms with Crippen LogP contribution in [0, 0.1) is 12.3 Å². The van der Waals surface area contributed by atoms with E-state index in [1.54, 1.807) is 0 Å². The van der Waals surface area contributed by atoms with Crippen LogP contribution < -0.4 is 0 Å². The highest BCUT2D eigenvalue weighted by atomic mass is 14.1. The maximum Gasteiger partial charge on any atom is -0.0200 e. The Morgan fingerprint density at radius 1 is 0.958 bits per heavy atom. The SMILES string of the molecule is C=C(CCCc1ccc(C)cc1)c1ccc(/C=C/C(C)(C)C)cc1. The Hall–Kier alpha value is -2.08. The molecule has 0 radical (unpaired) electrons. The molecular formula is C24H30. The molecule has 2 rings (SSSR count). The number of rotatable bonds is 6. The summed E-state index contributed by atoms with van der Waals surface area (Å²) in [7, 11) is 0. The van der Waals surface area contributed by atoms with Crippen molar-refractivity contribution in [2.24, 2.45) is 5.41 Å². The van der Waals surface area contributed by atoms with Crippen molar-refractivity contribution < 1.29 is 0 Å². The molecule has 126 valence electrons. The van der Waals surface area contributed by atoms with Gasteiger partial charge in [0.05, 0.1) is 0 Å². The van der Waals surface area contributed by atoms with Crippen LogP contribution in [0.2, 0.25) is 0 Å². The highest BCUT2D eigenvalue weighted by Crippen LogP contribution is 2.22. The van der Waals surface area contributed by atoms with Gasteiger partial charge in [-0.25, -0.2) is 0 Å². The van der Waals surface area contributed by atoms with Crippen molar-refractivity contribution in [1.82, 2.24) is 0 Å². The third-order valence-electron chi connectivity index (χ3n) is 4.16. The van der Waals surface area contributed by atoms with Crippen LogP contribution in [0.15, 0.2) is 61.2 Å². The zero-order valence-electron chi connectivity index (χ0n) is 15.6. The number of hydrogen-bond acceptors (Lipinski definition) is 0. The Labute approximate surface area is 147 Å². The molecule has 0 heterocycles. The second-order valence-electron chi connectivity index (χ2n) is 7.76. The van der Waals surface area contributed by atoms with Crippen molar-refractivity contribution in [2.45, 2.75) is 47.0 Å². The number of benzene rings is 2. The summed E-state index contributed by atoms with van der Waals surface area (Å²) in [6.07, 6.45) is 7.76. The van der Waals surface area contributed by atoms with Crippen LogP contribution in [-0.4, -0.2) is 0 Å². The molecule has 0 heteroatoms. The van der Waals surface area contributed by atoms with E-state index in [-0.39, 0.29) is 5.41 Å². The quantitative estimate of drug-likeness (QED) is 0.533. The minimum absolute atomic E-state index is 0.220. The molecule has 0 aliphatic heterocycles. The largest absolute Gasteiger partial charge is 0.0952 e. The molecule has 2 aromatic rings. The normalized spacial score (nSPS) is 11.8. The van der Waals surface area contributed by atoms with Crippen LogP contribution in [0.3, 0.4) is 0 Å². The van der Waals surface area contributed by atoms with E-state index in [0.717, 1.165) is 19.3 Å². The van der Waals surface area contributed by atoms with E-state index in [0.29, 0.717) is 0 Å². The van der Waals surface area contributed by atoms with Gasteiger partial charge in [0.1, 0.15) is 0 Å². The van der Waals surface area contributed by atoms with E-state index in [4.69, 9.17) is 0 Å². The maximum atomic E-state index is 4.27. The molecule has 2 aromatic carbocycles. The fourth-order valence-electron chi connectivity index (χ4n) is 2.58. The van der Waals surface area contributed by atoms with Gasteiger partial charge in [0.25, 0.3) is 0 Å². The summed E-state index contributed by atoms with van der Waals surface area (Å²) in [5.74, 6) is 0. The third-order valence-corrected chi connectivity index (χ3v) is 4.16. The first-order chi connectivity index (χ1) is 11.3. The fraction of sp³-hybridized carbons (Fsp3) is 0.333. The molecule has 0 fully saturated rings. The Bertz CT molecular complexity index is 676. The van der Waals surface area contributed by atoms with Gasteiger partial charge in [-0.3, -0.25) is 0 Å². The van der Waals surface area contributed by atoms with Crippen molar-refractivity contribution in [2.75, 3.05) is 0 Å². The van der Waals surface area contributed by atoms with Gasteiger partial charge < -0.3 is 0 Å². The van der Waals surface area contributed by atoms with E-state index in [1.165, 1.54) is 27.8 Å². The van der Waals surface area contributed by atoms with Crippen LogP contribution in [0.5, 0.6) is 0 Å². The van der Waals surface area contributed by atoms with E-state index in [2.05, 4.69) is 95.0 Å². The molecule has 0 bridgehead atoms. The standard InChI is InChI=1S/C24H30/c1-19-9-11-21(12-10-19)8-6-7-20(2)23-15-13-22(14-16-23)17-18-24(3,4)5/h9-18H,2,6-8H2,1,3-5H3/b18-17+. The van der Waals surface area contributed by atoms with Crippen molar-refractivity contribution in [1.29, 1.82) is 0 Å². The number of allylic oxidation sites excluding steroid dienone is 2. The summed E-state index contributed by atoms with van der Waals surface area (Å²) >= 11 is 0. The fourth-order valence-corrected chi connectivity index (χ4v) is 2.58. The van der Waals surface area contributed by atoms with Gasteiger partial charge in [-0.15, -0.1) is 0 Å². The minimum Gasteiger partial charge on any atom is -0.0952 e. The molecule has 0 saturated carbocycles. The predicted octanol–water partition coefficient (Wildman–Crippen LogP) is 7.09. The average Bonchev–Trinajstić information content (AvgIpc) is 2.54. The zero-order chi connectivity index (χ0) is 17.6. The lowest BCUT2D eigenvalue weighted by molar-refractivity contribution is 0.547. The van der Waals surface area contributed by atoms with Crippen LogP contribution in [0.1, 0.15) is 55.9 Å². The van der Waals surface area contributed by atoms with E-state index < -0.39 is 0 Å². The van der Waals surface area contributed by atoms with Crippen LogP contribution in [0.4, 0.5) is 0 Å². The summed E-state index contributed by atoms with van der Waals surface area (Å²) in [6.45, 7) is 13.0. The van der Waals surface area contributed by atoms with Crippen LogP contribution in [0.25, 0.3) is 11.6 Å². The zero-order valence-corrected chi connectivity index (χ0v) is 15.6. The van der Waals surface area contributed by atoms with Crippen molar-refractivity contribution in [3.63, 3.8) is 0 Å². The van der Waals surface area contributed by atoms with E-state index in [1.807, 2.05) is 0 Å². The topological polar surface area (TPSA) is 0 Å². The lowest BCUT2D eigenvalue weighted by Gasteiger charge is -2.11. The van der Waals surface area contributed by atoms with Gasteiger partial charge in [0.2, 0.25) is 0 Å². The molecule has 0 N–H and O–H groups in total. The second-order valence-corrected chi connectivity index (χ2v) is 7.76. The Morgan fingerprint density at radius 3 is 2.17 bits per heavy atom. The molecule has 0 aliphatic carbocycles. The first kappa shape index (κ1) is 18.3. The highest BCUT2D eigenvalue weighted by molar-refractivity contribution is 5.65. The monoisotopic (exact) mass is 318 g/mol. The molecule has 0 nitrogen and oxygen atoms in total. The summed E-state index contributed by atoms with van der Waals surface area (Å²) in [6, 6.07) is 17.6. The molecule has 0 amide bonds. The summed E-state index contributed by atoms with van der Waals surface area (Å²) in [5.41, 5.74) is 6.69. The van der Waals surface area contributed by atoms with Crippen LogP contribution >= 0.6 is 0 Å². The summed E-state index contributed by atoms with van der Waals surface area (Å²) < 4.78 is 0.